The number of imidazole rings is 1. The number of halogens is 1. The summed E-state index contributed by atoms with van der Waals surface area (Å²) in [5.74, 6) is -0.367. The maximum Gasteiger partial charge on any atom is 0.357 e. The van der Waals surface area contributed by atoms with Gasteiger partial charge >= 0.3 is 5.97 Å². The number of carboxylic acid groups (broad SMARTS) is 1. The summed E-state index contributed by atoms with van der Waals surface area (Å²) in [6.07, 6.45) is 3.43. The third-order valence-electron chi connectivity index (χ3n) is 2.71. The first-order valence-corrected chi connectivity index (χ1v) is 6.95. The molecule has 2 heterocycles. The molecule has 0 aliphatic rings. The van der Waals surface area contributed by atoms with Crippen molar-refractivity contribution < 1.29 is 9.90 Å². The first-order chi connectivity index (χ1) is 9.13. The second kappa shape index (κ2) is 6.01. The van der Waals surface area contributed by atoms with Gasteiger partial charge in [0.25, 0.3) is 0 Å². The number of hydrogen-bond donors (Lipinski definition) is 2. The highest BCUT2D eigenvalue weighted by atomic mass is 79.9. The van der Waals surface area contributed by atoms with Crippen molar-refractivity contribution >= 4 is 33.4 Å². The summed E-state index contributed by atoms with van der Waals surface area (Å²) in [6.45, 7) is 3.00. The zero-order valence-corrected chi connectivity index (χ0v) is 12.1. The quantitative estimate of drug-likeness (QED) is 0.798. The van der Waals surface area contributed by atoms with Gasteiger partial charge in [-0.2, -0.15) is 0 Å². The molecule has 0 fully saturated rings. The zero-order valence-electron chi connectivity index (χ0n) is 10.6. The average molecular weight is 327 g/mol. The molecule has 0 bridgehead atoms. The average Bonchev–Trinajstić information content (AvgIpc) is 2.72. The van der Waals surface area contributed by atoms with Gasteiger partial charge < -0.3 is 10.4 Å². The van der Waals surface area contributed by atoms with E-state index < -0.39 is 5.97 Å². The second-order valence-corrected chi connectivity index (χ2v) is 4.93. The Labute approximate surface area is 119 Å². The van der Waals surface area contributed by atoms with E-state index in [0.29, 0.717) is 16.1 Å². The van der Waals surface area contributed by atoms with Crippen LogP contribution >= 0.6 is 15.9 Å². The number of hydrogen-bond acceptors (Lipinski definition) is 4. The number of unbranched alkanes of at least 4 members (excludes halogenated alkanes) is 2. The normalized spacial score (nSPS) is 10.8. The molecule has 0 saturated carbocycles. The predicted molar refractivity (Wildman–Crippen MR) is 75.7 cm³/mol. The number of carboxylic acids is 1. The van der Waals surface area contributed by atoms with Gasteiger partial charge in [0, 0.05) is 6.54 Å². The molecule has 2 rings (SSSR count). The lowest BCUT2D eigenvalue weighted by atomic mass is 10.2. The van der Waals surface area contributed by atoms with E-state index in [4.69, 9.17) is 5.11 Å². The molecule has 2 aromatic rings. The first kappa shape index (κ1) is 13.8. The molecule has 2 aromatic heterocycles. The van der Waals surface area contributed by atoms with Crippen molar-refractivity contribution in [1.82, 2.24) is 14.6 Å². The van der Waals surface area contributed by atoms with E-state index in [1.54, 1.807) is 12.1 Å². The van der Waals surface area contributed by atoms with Crippen molar-refractivity contribution in [3.8, 4) is 0 Å². The fourth-order valence-electron chi connectivity index (χ4n) is 1.73. The smallest absolute Gasteiger partial charge is 0.357 e. The van der Waals surface area contributed by atoms with Gasteiger partial charge in [-0.3, -0.25) is 0 Å². The van der Waals surface area contributed by atoms with Crippen LogP contribution in [0.25, 0.3) is 5.65 Å². The molecule has 102 valence electrons. The van der Waals surface area contributed by atoms with E-state index in [2.05, 4.69) is 38.3 Å². The molecule has 0 spiro atoms. The van der Waals surface area contributed by atoms with Crippen LogP contribution < -0.4 is 5.32 Å². The molecule has 0 amide bonds. The molecule has 0 saturated heterocycles. The van der Waals surface area contributed by atoms with Crippen LogP contribution in [-0.4, -0.2) is 32.2 Å². The van der Waals surface area contributed by atoms with Crippen LogP contribution in [-0.2, 0) is 0 Å². The second-order valence-electron chi connectivity index (χ2n) is 4.18. The van der Waals surface area contributed by atoms with Crippen molar-refractivity contribution in [2.45, 2.75) is 26.2 Å². The van der Waals surface area contributed by atoms with Crippen LogP contribution in [0.4, 0.5) is 5.82 Å². The van der Waals surface area contributed by atoms with Crippen LogP contribution in [0, 0.1) is 0 Å². The minimum absolute atomic E-state index is 0.0318. The summed E-state index contributed by atoms with van der Waals surface area (Å²) in [4.78, 5) is 15.0. The van der Waals surface area contributed by atoms with Gasteiger partial charge in [-0.25, -0.2) is 14.3 Å². The van der Waals surface area contributed by atoms with Gasteiger partial charge in [0.1, 0.15) is 10.4 Å². The monoisotopic (exact) mass is 326 g/mol. The van der Waals surface area contributed by atoms with Gasteiger partial charge in [0.2, 0.25) is 0 Å². The van der Waals surface area contributed by atoms with Crippen LogP contribution in [0.1, 0.15) is 36.7 Å². The predicted octanol–water partition coefficient (Wildman–Crippen LogP) is 2.79. The standard InChI is InChI=1S/C12H15BrN4O2/c1-2-3-4-7-14-8-5-6-9-15-10(12(18)19)11(13)17(9)16-8/h5-6H,2-4,7H2,1H3,(H,14,16)(H,18,19). The highest BCUT2D eigenvalue weighted by Crippen LogP contribution is 2.19. The van der Waals surface area contributed by atoms with Crippen molar-refractivity contribution in [2.24, 2.45) is 0 Å². The minimum Gasteiger partial charge on any atom is -0.476 e. The maximum atomic E-state index is 11.0. The van der Waals surface area contributed by atoms with Crippen molar-refractivity contribution in [3.63, 3.8) is 0 Å². The third-order valence-corrected chi connectivity index (χ3v) is 3.42. The Morgan fingerprint density at radius 1 is 1.47 bits per heavy atom. The van der Waals surface area contributed by atoms with Crippen LogP contribution in [0.5, 0.6) is 0 Å². The molecule has 0 aliphatic carbocycles. The Morgan fingerprint density at radius 3 is 2.95 bits per heavy atom. The third kappa shape index (κ3) is 3.04. The number of nitrogens with zero attached hydrogens (tertiary/aromatic N) is 3. The van der Waals surface area contributed by atoms with E-state index in [1.807, 2.05) is 0 Å². The van der Waals surface area contributed by atoms with E-state index >= 15 is 0 Å². The number of aromatic nitrogens is 3. The topological polar surface area (TPSA) is 79.5 Å². The molecule has 0 unspecified atom stereocenters. The summed E-state index contributed by atoms with van der Waals surface area (Å²) in [7, 11) is 0. The van der Waals surface area contributed by atoms with Gasteiger partial charge in [0.15, 0.2) is 11.3 Å². The van der Waals surface area contributed by atoms with Crippen molar-refractivity contribution in [1.29, 1.82) is 0 Å². The molecule has 6 nitrogen and oxygen atoms in total. The number of fused-ring (bicyclic) bond motifs is 1. The fourth-order valence-corrected chi connectivity index (χ4v) is 2.25. The Hall–Kier alpha value is -1.63. The number of carbonyl (C=O) groups is 1. The summed E-state index contributed by atoms with van der Waals surface area (Å²) in [5.41, 5.74) is 0.471. The molecular formula is C12H15BrN4O2. The largest absolute Gasteiger partial charge is 0.476 e. The molecule has 0 radical (unpaired) electrons. The minimum atomic E-state index is -1.07. The number of anilines is 1. The number of aromatic carboxylic acids is 1. The van der Waals surface area contributed by atoms with E-state index in [0.717, 1.165) is 13.0 Å². The van der Waals surface area contributed by atoms with E-state index in [1.165, 1.54) is 17.4 Å². The van der Waals surface area contributed by atoms with E-state index in [9.17, 15) is 4.79 Å². The Morgan fingerprint density at radius 2 is 2.26 bits per heavy atom. The Bertz CT molecular complexity index is 597. The molecule has 19 heavy (non-hydrogen) atoms. The Kier molecular flexibility index (Phi) is 4.36. The number of rotatable bonds is 6. The molecule has 7 heteroatoms. The highest BCUT2D eigenvalue weighted by molar-refractivity contribution is 9.10. The van der Waals surface area contributed by atoms with Crippen LogP contribution in [0.2, 0.25) is 0 Å². The lowest BCUT2D eigenvalue weighted by Crippen LogP contribution is -2.05. The van der Waals surface area contributed by atoms with Crippen molar-refractivity contribution in [2.75, 3.05) is 11.9 Å². The van der Waals surface area contributed by atoms with Gasteiger partial charge in [-0.05, 0) is 34.5 Å². The number of nitrogens with one attached hydrogen (secondary N) is 1. The first-order valence-electron chi connectivity index (χ1n) is 6.16. The molecule has 0 aliphatic heterocycles. The lowest BCUT2D eigenvalue weighted by molar-refractivity contribution is 0.0690. The summed E-state index contributed by atoms with van der Waals surface area (Å²) < 4.78 is 1.83. The van der Waals surface area contributed by atoms with Crippen LogP contribution in [0.15, 0.2) is 16.7 Å². The molecular weight excluding hydrogens is 312 g/mol. The van der Waals surface area contributed by atoms with Crippen LogP contribution in [0.3, 0.4) is 0 Å². The fraction of sp³-hybridized carbons (Fsp3) is 0.417. The highest BCUT2D eigenvalue weighted by Gasteiger charge is 2.16. The molecule has 2 N–H and O–H groups in total. The van der Waals surface area contributed by atoms with Gasteiger partial charge in [-0.1, -0.05) is 19.8 Å². The summed E-state index contributed by atoms with van der Waals surface area (Å²) >= 11 is 3.21. The SMILES string of the molecule is CCCCCNc1ccc2nc(C(=O)O)c(Br)n2n1. The zero-order chi connectivity index (χ0) is 13.8. The van der Waals surface area contributed by atoms with Crippen molar-refractivity contribution in [3.05, 3.63) is 22.4 Å². The lowest BCUT2D eigenvalue weighted by Gasteiger charge is -2.05. The maximum absolute atomic E-state index is 11.0. The summed E-state index contributed by atoms with van der Waals surface area (Å²) in [6, 6.07) is 3.54. The summed E-state index contributed by atoms with van der Waals surface area (Å²) in [5, 5.41) is 16.5. The molecule has 0 atom stereocenters. The van der Waals surface area contributed by atoms with Gasteiger partial charge in [0.05, 0.1) is 0 Å². The van der Waals surface area contributed by atoms with Gasteiger partial charge in [-0.15, -0.1) is 5.10 Å². The molecule has 0 aromatic carbocycles. The Balaban J connectivity index is 2.20. The van der Waals surface area contributed by atoms with E-state index in [-0.39, 0.29) is 5.69 Å².